The molecule has 0 aliphatic heterocycles. The lowest BCUT2D eigenvalue weighted by molar-refractivity contribution is 0.0633. The largest absolute Gasteiger partial charge is 0.478 e. The Bertz CT molecular complexity index is 701. The summed E-state index contributed by atoms with van der Waals surface area (Å²) in [5.74, 6) is -1.04. The molecule has 0 spiro atoms. The van der Waals surface area contributed by atoms with Gasteiger partial charge in [-0.25, -0.2) is 9.59 Å². The number of carboxylic acids is 1. The fraction of sp³-hybridized carbons (Fsp3) is 0.250. The highest BCUT2D eigenvalue weighted by Crippen LogP contribution is 2.24. The monoisotopic (exact) mass is 287 g/mol. The van der Waals surface area contributed by atoms with E-state index in [0.29, 0.717) is 11.1 Å². The van der Waals surface area contributed by atoms with Crippen LogP contribution in [-0.4, -0.2) is 22.8 Å². The number of hydrogen-bond acceptors (Lipinski definition) is 3. The molecular weight excluding hydrogens is 270 g/mol. The van der Waals surface area contributed by atoms with Crippen molar-refractivity contribution in [2.45, 2.75) is 26.4 Å². The Morgan fingerprint density at radius 3 is 2.43 bits per heavy atom. The highest BCUT2D eigenvalue weighted by molar-refractivity contribution is 6.06. The number of aromatic carboxylic acids is 1. The Balaban J connectivity index is 2.37. The number of carboxylic acid groups (broad SMARTS) is 1. The number of hydrogen-bond donors (Lipinski definition) is 2. The summed E-state index contributed by atoms with van der Waals surface area (Å²) < 4.78 is 5.16. The van der Waals surface area contributed by atoms with Gasteiger partial charge >= 0.3 is 12.1 Å². The number of rotatable bonds is 2. The van der Waals surface area contributed by atoms with Crippen LogP contribution >= 0.6 is 0 Å². The van der Waals surface area contributed by atoms with E-state index in [1.807, 2.05) is 6.07 Å². The van der Waals surface area contributed by atoms with Gasteiger partial charge in [0.05, 0.1) is 5.56 Å². The number of anilines is 1. The van der Waals surface area contributed by atoms with Crippen molar-refractivity contribution in [1.82, 2.24) is 0 Å². The molecule has 0 atom stereocenters. The summed E-state index contributed by atoms with van der Waals surface area (Å²) in [5.41, 5.74) is -0.0872. The van der Waals surface area contributed by atoms with Crippen LogP contribution in [0.1, 0.15) is 31.1 Å². The average Bonchev–Trinajstić information content (AvgIpc) is 2.35. The minimum absolute atomic E-state index is 0.138. The van der Waals surface area contributed by atoms with Crippen LogP contribution in [0, 0.1) is 0 Å². The molecule has 0 aliphatic rings. The zero-order valence-corrected chi connectivity index (χ0v) is 12.1. The van der Waals surface area contributed by atoms with Crippen molar-refractivity contribution in [3.63, 3.8) is 0 Å². The SMILES string of the molecule is CC(C)(C)OC(=O)Nc1cc(C(=O)O)c2ccccc2c1. The molecule has 2 aromatic rings. The molecule has 0 unspecified atom stereocenters. The van der Waals surface area contributed by atoms with Crippen LogP contribution in [0.5, 0.6) is 0 Å². The minimum Gasteiger partial charge on any atom is -0.478 e. The van der Waals surface area contributed by atoms with E-state index in [0.717, 1.165) is 5.39 Å². The molecule has 2 N–H and O–H groups in total. The molecular formula is C16H17NO4. The lowest BCUT2D eigenvalue weighted by Gasteiger charge is -2.20. The van der Waals surface area contributed by atoms with Gasteiger partial charge in [-0.1, -0.05) is 24.3 Å². The van der Waals surface area contributed by atoms with E-state index < -0.39 is 17.7 Å². The van der Waals surface area contributed by atoms with E-state index in [1.54, 1.807) is 45.0 Å². The molecule has 0 saturated heterocycles. The fourth-order valence-electron chi connectivity index (χ4n) is 1.98. The Kier molecular flexibility index (Phi) is 3.84. The molecule has 0 aromatic heterocycles. The molecule has 110 valence electrons. The number of ether oxygens (including phenoxy) is 1. The molecule has 0 bridgehead atoms. The van der Waals surface area contributed by atoms with Gasteiger partial charge in [0, 0.05) is 5.69 Å². The standard InChI is InChI=1S/C16H17NO4/c1-16(2,3)21-15(20)17-11-8-10-6-4-5-7-12(10)13(9-11)14(18)19/h4-9H,1-3H3,(H,17,20)(H,18,19). The van der Waals surface area contributed by atoms with Crippen LogP contribution in [0.25, 0.3) is 10.8 Å². The van der Waals surface area contributed by atoms with Crippen molar-refractivity contribution < 1.29 is 19.4 Å². The first-order valence-electron chi connectivity index (χ1n) is 6.52. The second kappa shape index (κ2) is 5.44. The van der Waals surface area contributed by atoms with Gasteiger partial charge in [-0.3, -0.25) is 5.32 Å². The van der Waals surface area contributed by atoms with E-state index in [9.17, 15) is 14.7 Å². The van der Waals surface area contributed by atoms with Crippen LogP contribution in [-0.2, 0) is 4.74 Å². The van der Waals surface area contributed by atoms with Crippen LogP contribution in [0.4, 0.5) is 10.5 Å². The van der Waals surface area contributed by atoms with E-state index in [1.165, 1.54) is 6.07 Å². The Morgan fingerprint density at radius 1 is 1.14 bits per heavy atom. The summed E-state index contributed by atoms with van der Waals surface area (Å²) in [6.45, 7) is 5.28. The lowest BCUT2D eigenvalue weighted by atomic mass is 10.0. The zero-order valence-electron chi connectivity index (χ0n) is 12.1. The van der Waals surface area contributed by atoms with Crippen molar-refractivity contribution in [3.8, 4) is 0 Å². The van der Waals surface area contributed by atoms with Gasteiger partial charge in [0.2, 0.25) is 0 Å². The molecule has 1 amide bonds. The summed E-state index contributed by atoms with van der Waals surface area (Å²) in [6, 6.07) is 10.2. The van der Waals surface area contributed by atoms with E-state index >= 15 is 0 Å². The van der Waals surface area contributed by atoms with E-state index in [4.69, 9.17) is 4.74 Å². The molecule has 5 nitrogen and oxygen atoms in total. The number of carbonyl (C=O) groups excluding carboxylic acids is 1. The average molecular weight is 287 g/mol. The number of carbonyl (C=O) groups is 2. The highest BCUT2D eigenvalue weighted by Gasteiger charge is 2.17. The first-order valence-corrected chi connectivity index (χ1v) is 6.52. The quantitative estimate of drug-likeness (QED) is 0.878. The zero-order chi connectivity index (χ0) is 15.6. The van der Waals surface area contributed by atoms with Crippen molar-refractivity contribution >= 4 is 28.5 Å². The second-order valence-electron chi connectivity index (χ2n) is 5.68. The second-order valence-corrected chi connectivity index (χ2v) is 5.68. The summed E-state index contributed by atoms with van der Waals surface area (Å²) in [7, 11) is 0. The topological polar surface area (TPSA) is 75.6 Å². The molecule has 0 fully saturated rings. The molecule has 5 heteroatoms. The molecule has 2 aromatic carbocycles. The first-order chi connectivity index (χ1) is 9.76. The van der Waals surface area contributed by atoms with Crippen molar-refractivity contribution in [1.29, 1.82) is 0 Å². The molecule has 21 heavy (non-hydrogen) atoms. The lowest BCUT2D eigenvalue weighted by Crippen LogP contribution is -2.27. The van der Waals surface area contributed by atoms with Gasteiger partial charge in [0.15, 0.2) is 0 Å². The fourth-order valence-corrected chi connectivity index (χ4v) is 1.98. The number of nitrogens with one attached hydrogen (secondary N) is 1. The van der Waals surface area contributed by atoms with Crippen LogP contribution < -0.4 is 5.32 Å². The Morgan fingerprint density at radius 2 is 1.81 bits per heavy atom. The first kappa shape index (κ1) is 14.8. The van der Waals surface area contributed by atoms with Crippen molar-refractivity contribution in [2.75, 3.05) is 5.32 Å². The van der Waals surface area contributed by atoms with E-state index in [-0.39, 0.29) is 5.56 Å². The maximum absolute atomic E-state index is 11.8. The van der Waals surface area contributed by atoms with Crippen LogP contribution in [0.3, 0.4) is 0 Å². The smallest absolute Gasteiger partial charge is 0.412 e. The highest BCUT2D eigenvalue weighted by atomic mass is 16.6. The predicted molar refractivity (Wildman–Crippen MR) is 80.8 cm³/mol. The summed E-state index contributed by atoms with van der Waals surface area (Å²) in [6.07, 6.45) is -0.617. The summed E-state index contributed by atoms with van der Waals surface area (Å²) in [5, 5.41) is 13.2. The van der Waals surface area contributed by atoms with Crippen molar-refractivity contribution in [2.24, 2.45) is 0 Å². The minimum atomic E-state index is -1.04. The Hall–Kier alpha value is -2.56. The molecule has 0 radical (unpaired) electrons. The maximum atomic E-state index is 11.8. The summed E-state index contributed by atoms with van der Waals surface area (Å²) in [4.78, 5) is 23.1. The molecule has 0 heterocycles. The van der Waals surface area contributed by atoms with Gasteiger partial charge < -0.3 is 9.84 Å². The third-order valence-electron chi connectivity index (χ3n) is 2.74. The maximum Gasteiger partial charge on any atom is 0.412 e. The number of amides is 1. The van der Waals surface area contributed by atoms with Gasteiger partial charge in [-0.05, 0) is 43.7 Å². The molecule has 2 rings (SSSR count). The van der Waals surface area contributed by atoms with Gasteiger partial charge in [0.25, 0.3) is 0 Å². The summed E-state index contributed by atoms with van der Waals surface area (Å²) >= 11 is 0. The van der Waals surface area contributed by atoms with Crippen molar-refractivity contribution in [3.05, 3.63) is 42.0 Å². The third-order valence-corrected chi connectivity index (χ3v) is 2.74. The van der Waals surface area contributed by atoms with E-state index in [2.05, 4.69) is 5.32 Å². The van der Waals surface area contributed by atoms with Crippen LogP contribution in [0.15, 0.2) is 36.4 Å². The third kappa shape index (κ3) is 3.72. The van der Waals surface area contributed by atoms with Gasteiger partial charge in [0.1, 0.15) is 5.60 Å². The van der Waals surface area contributed by atoms with Gasteiger partial charge in [-0.2, -0.15) is 0 Å². The number of fused-ring (bicyclic) bond motifs is 1. The molecule has 0 aliphatic carbocycles. The number of benzene rings is 2. The molecule has 0 saturated carbocycles. The van der Waals surface area contributed by atoms with Crippen LogP contribution in [0.2, 0.25) is 0 Å². The Labute approximate surface area is 122 Å². The predicted octanol–water partition coefficient (Wildman–Crippen LogP) is 3.89. The van der Waals surface area contributed by atoms with Gasteiger partial charge in [-0.15, -0.1) is 0 Å². The normalized spacial score (nSPS) is 11.2.